The summed E-state index contributed by atoms with van der Waals surface area (Å²) in [6, 6.07) is 3.71. The molecule has 0 spiro atoms. The maximum Gasteiger partial charge on any atom is 0.291 e. The minimum absolute atomic E-state index is 0.294. The molecule has 1 aliphatic heterocycles. The predicted octanol–water partition coefficient (Wildman–Crippen LogP) is 2.40. The van der Waals surface area contributed by atoms with Crippen molar-refractivity contribution in [1.29, 1.82) is 0 Å². The molecule has 0 N–H and O–H groups in total. The number of carbonyl (C=O) groups is 2. The Labute approximate surface area is 153 Å². The number of rotatable bonds is 3. The van der Waals surface area contributed by atoms with Gasteiger partial charge in [-0.15, -0.1) is 11.3 Å². The number of thiazole rings is 1. The summed E-state index contributed by atoms with van der Waals surface area (Å²) >= 11 is 1.37. The van der Waals surface area contributed by atoms with E-state index in [-0.39, 0.29) is 11.8 Å². The SMILES string of the molecule is Cc1nocc1C(=O)N1CCCN1C(=O)c1csc(-c2cccnc2)n1. The molecule has 26 heavy (non-hydrogen) atoms. The maximum absolute atomic E-state index is 12.9. The zero-order valence-corrected chi connectivity index (χ0v) is 14.8. The molecular formula is C17H15N5O3S. The third-order valence-electron chi connectivity index (χ3n) is 4.11. The normalized spacial score (nSPS) is 14.0. The van der Waals surface area contributed by atoms with Crippen LogP contribution in [0.4, 0.5) is 0 Å². The summed E-state index contributed by atoms with van der Waals surface area (Å²) < 4.78 is 4.84. The van der Waals surface area contributed by atoms with Crippen LogP contribution < -0.4 is 0 Å². The van der Waals surface area contributed by atoms with E-state index in [9.17, 15) is 9.59 Å². The Kier molecular flexibility index (Phi) is 4.21. The summed E-state index contributed by atoms with van der Waals surface area (Å²) in [5.74, 6) is -0.589. The zero-order valence-electron chi connectivity index (χ0n) is 14.0. The van der Waals surface area contributed by atoms with Crippen molar-refractivity contribution in [3.63, 3.8) is 0 Å². The van der Waals surface area contributed by atoms with E-state index in [1.54, 1.807) is 24.7 Å². The number of carbonyl (C=O) groups excluding carboxylic acids is 2. The van der Waals surface area contributed by atoms with Crippen molar-refractivity contribution in [2.24, 2.45) is 0 Å². The van der Waals surface area contributed by atoms with Gasteiger partial charge in [0.15, 0.2) is 0 Å². The minimum Gasteiger partial charge on any atom is -0.364 e. The fourth-order valence-corrected chi connectivity index (χ4v) is 3.58. The van der Waals surface area contributed by atoms with Gasteiger partial charge in [0, 0.05) is 36.4 Å². The first-order valence-electron chi connectivity index (χ1n) is 8.05. The van der Waals surface area contributed by atoms with Crippen LogP contribution >= 0.6 is 11.3 Å². The van der Waals surface area contributed by atoms with Crippen molar-refractivity contribution in [1.82, 2.24) is 25.1 Å². The van der Waals surface area contributed by atoms with E-state index in [4.69, 9.17) is 4.52 Å². The lowest BCUT2D eigenvalue weighted by Crippen LogP contribution is -2.45. The van der Waals surface area contributed by atoms with Crippen LogP contribution in [0.3, 0.4) is 0 Å². The molecule has 3 aromatic rings. The minimum atomic E-state index is -0.295. The summed E-state index contributed by atoms with van der Waals surface area (Å²) in [5.41, 5.74) is 2.03. The van der Waals surface area contributed by atoms with Gasteiger partial charge in [0.05, 0.1) is 5.69 Å². The zero-order chi connectivity index (χ0) is 18.1. The smallest absolute Gasteiger partial charge is 0.291 e. The first-order valence-corrected chi connectivity index (χ1v) is 8.93. The summed E-state index contributed by atoms with van der Waals surface area (Å²) in [6.07, 6.45) is 5.40. The molecule has 0 atom stereocenters. The highest BCUT2D eigenvalue weighted by Gasteiger charge is 2.34. The van der Waals surface area contributed by atoms with Gasteiger partial charge < -0.3 is 4.52 Å². The average molecular weight is 369 g/mol. The first-order chi connectivity index (χ1) is 12.6. The highest BCUT2D eigenvalue weighted by atomic mass is 32.1. The van der Waals surface area contributed by atoms with Crippen LogP contribution in [-0.2, 0) is 0 Å². The summed E-state index contributed by atoms with van der Waals surface area (Å²) in [6.45, 7) is 2.63. The second-order valence-corrected chi connectivity index (χ2v) is 6.66. The van der Waals surface area contributed by atoms with Gasteiger partial charge in [0.2, 0.25) is 0 Å². The van der Waals surface area contributed by atoms with Crippen LogP contribution in [0.2, 0.25) is 0 Å². The molecule has 0 unspecified atom stereocenters. The molecule has 8 nitrogen and oxygen atoms in total. The lowest BCUT2D eigenvalue weighted by Gasteiger charge is -2.26. The third kappa shape index (κ3) is 2.86. The van der Waals surface area contributed by atoms with Crippen molar-refractivity contribution in [2.45, 2.75) is 13.3 Å². The van der Waals surface area contributed by atoms with E-state index in [1.807, 2.05) is 12.1 Å². The van der Waals surface area contributed by atoms with Crippen LogP contribution in [-0.4, -0.2) is 50.0 Å². The van der Waals surface area contributed by atoms with Gasteiger partial charge in [0.1, 0.15) is 22.5 Å². The molecule has 132 valence electrons. The van der Waals surface area contributed by atoms with Crippen LogP contribution in [0, 0.1) is 6.92 Å². The molecule has 3 aromatic heterocycles. The molecule has 1 saturated heterocycles. The number of hydrogen-bond donors (Lipinski definition) is 0. The van der Waals surface area contributed by atoms with Gasteiger partial charge in [-0.25, -0.2) is 15.0 Å². The molecule has 9 heteroatoms. The van der Waals surface area contributed by atoms with Crippen LogP contribution in [0.15, 0.2) is 40.7 Å². The van der Waals surface area contributed by atoms with Gasteiger partial charge >= 0.3 is 0 Å². The molecule has 4 heterocycles. The fourth-order valence-electron chi connectivity index (χ4n) is 2.80. The Morgan fingerprint density at radius 3 is 2.73 bits per heavy atom. The van der Waals surface area contributed by atoms with Crippen molar-refractivity contribution in [2.75, 3.05) is 13.1 Å². The van der Waals surface area contributed by atoms with Gasteiger partial charge in [-0.3, -0.25) is 14.6 Å². The van der Waals surface area contributed by atoms with E-state index in [2.05, 4.69) is 15.1 Å². The lowest BCUT2D eigenvalue weighted by atomic mass is 10.2. The van der Waals surface area contributed by atoms with Gasteiger partial charge in [-0.2, -0.15) is 0 Å². The molecule has 0 bridgehead atoms. The third-order valence-corrected chi connectivity index (χ3v) is 5.00. The fraction of sp³-hybridized carbons (Fsp3) is 0.235. The van der Waals surface area contributed by atoms with Crippen molar-refractivity contribution >= 4 is 23.2 Å². The number of amides is 2. The summed E-state index contributed by atoms with van der Waals surface area (Å²) in [5, 5.41) is 9.03. The van der Waals surface area contributed by atoms with Gasteiger partial charge in [-0.05, 0) is 25.5 Å². The highest BCUT2D eigenvalue weighted by molar-refractivity contribution is 7.13. The Balaban J connectivity index is 1.57. The summed E-state index contributed by atoms with van der Waals surface area (Å²) in [4.78, 5) is 34.1. The molecule has 0 aliphatic carbocycles. The number of hydrazine groups is 1. The topological polar surface area (TPSA) is 92.4 Å². The average Bonchev–Trinajstić information content (AvgIpc) is 3.41. The highest BCUT2D eigenvalue weighted by Crippen LogP contribution is 2.25. The largest absolute Gasteiger partial charge is 0.364 e. The molecule has 0 aromatic carbocycles. The molecule has 0 radical (unpaired) electrons. The van der Waals surface area contributed by atoms with E-state index in [0.29, 0.717) is 41.5 Å². The van der Waals surface area contributed by atoms with Crippen molar-refractivity contribution < 1.29 is 14.1 Å². The quantitative estimate of drug-likeness (QED) is 0.704. The van der Waals surface area contributed by atoms with E-state index < -0.39 is 0 Å². The van der Waals surface area contributed by atoms with Gasteiger partial charge in [0.25, 0.3) is 11.8 Å². The van der Waals surface area contributed by atoms with E-state index >= 15 is 0 Å². The number of aromatic nitrogens is 3. The van der Waals surface area contributed by atoms with Crippen molar-refractivity contribution in [3.8, 4) is 10.6 Å². The molecular weight excluding hydrogens is 354 g/mol. The number of aryl methyl sites for hydroxylation is 1. The lowest BCUT2D eigenvalue weighted by molar-refractivity contribution is 0.0182. The predicted molar refractivity (Wildman–Crippen MR) is 93.3 cm³/mol. The second-order valence-electron chi connectivity index (χ2n) is 5.80. The van der Waals surface area contributed by atoms with Crippen LogP contribution in [0.25, 0.3) is 10.6 Å². The van der Waals surface area contributed by atoms with Crippen molar-refractivity contribution in [3.05, 3.63) is 53.1 Å². The van der Waals surface area contributed by atoms with Crippen LogP contribution in [0.1, 0.15) is 33.0 Å². The van der Waals surface area contributed by atoms with E-state index in [0.717, 1.165) is 5.56 Å². The molecule has 1 aliphatic rings. The maximum atomic E-state index is 12.9. The Morgan fingerprint density at radius 1 is 1.23 bits per heavy atom. The number of hydrogen-bond acceptors (Lipinski definition) is 7. The Morgan fingerprint density at radius 2 is 2.04 bits per heavy atom. The number of nitrogens with zero attached hydrogens (tertiary/aromatic N) is 5. The molecule has 0 saturated carbocycles. The first kappa shape index (κ1) is 16.4. The van der Waals surface area contributed by atoms with E-state index in [1.165, 1.54) is 27.6 Å². The van der Waals surface area contributed by atoms with Gasteiger partial charge in [-0.1, -0.05) is 5.16 Å². The molecule has 1 fully saturated rings. The standard InChI is InChI=1S/C17H15N5O3S/c1-11-13(9-25-20-11)16(23)21-6-3-7-22(21)17(24)14-10-26-15(19-14)12-4-2-5-18-8-12/h2,4-5,8-10H,3,6-7H2,1H3. The molecule has 4 rings (SSSR count). The van der Waals surface area contributed by atoms with Crippen LogP contribution in [0.5, 0.6) is 0 Å². The second kappa shape index (κ2) is 6.68. The Bertz CT molecular complexity index is 952. The summed E-state index contributed by atoms with van der Waals surface area (Å²) in [7, 11) is 0. The monoisotopic (exact) mass is 369 g/mol. The Hall–Kier alpha value is -3.07. The number of pyridine rings is 1. The molecule has 2 amide bonds.